The van der Waals surface area contributed by atoms with Crippen LogP contribution in [0.5, 0.6) is 0 Å². The number of aromatic nitrogens is 1. The van der Waals surface area contributed by atoms with Gasteiger partial charge >= 0.3 is 0 Å². The monoisotopic (exact) mass is 329 g/mol. The van der Waals surface area contributed by atoms with Crippen molar-refractivity contribution >= 4 is 15.9 Å². The minimum absolute atomic E-state index is 0.0508. The molecule has 0 N–H and O–H groups in total. The average Bonchev–Trinajstić information content (AvgIpc) is 3.18. The Kier molecular flexibility index (Phi) is 4.43. The summed E-state index contributed by atoms with van der Waals surface area (Å²) in [7, 11) is -3.30. The van der Waals surface area contributed by atoms with E-state index in [1.165, 1.54) is 6.26 Å². The molecule has 0 unspecified atom stereocenters. The van der Waals surface area contributed by atoms with Crippen LogP contribution in [0.2, 0.25) is 0 Å². The lowest BCUT2D eigenvalue weighted by atomic mass is 10.2. The number of furan rings is 1. The molecule has 5 nitrogen and oxygen atoms in total. The van der Waals surface area contributed by atoms with E-state index in [0.717, 1.165) is 5.56 Å². The third-order valence-electron chi connectivity index (χ3n) is 3.15. The van der Waals surface area contributed by atoms with E-state index in [2.05, 4.69) is 5.16 Å². The Morgan fingerprint density at radius 3 is 2.61 bits per heavy atom. The molecule has 0 saturated heterocycles. The third kappa shape index (κ3) is 4.20. The second-order valence-electron chi connectivity index (χ2n) is 5.03. The van der Waals surface area contributed by atoms with Crippen LogP contribution in [0.4, 0.5) is 0 Å². The van der Waals surface area contributed by atoms with Crippen LogP contribution in [-0.4, -0.2) is 19.3 Å². The van der Waals surface area contributed by atoms with Crippen molar-refractivity contribution in [3.8, 4) is 11.5 Å². The summed E-state index contributed by atoms with van der Waals surface area (Å²) in [6.07, 6.45) is 4.94. The third-order valence-corrected chi connectivity index (χ3v) is 4.59. The number of hydrogen-bond donors (Lipinski definition) is 0. The summed E-state index contributed by atoms with van der Waals surface area (Å²) in [5.41, 5.74) is 1.33. The van der Waals surface area contributed by atoms with Crippen LogP contribution in [0.3, 0.4) is 0 Å². The van der Waals surface area contributed by atoms with Gasteiger partial charge < -0.3 is 8.94 Å². The molecule has 0 radical (unpaired) electrons. The van der Waals surface area contributed by atoms with Crippen molar-refractivity contribution in [2.75, 3.05) is 5.75 Å². The average molecular weight is 329 g/mol. The molecule has 2 aromatic heterocycles. The van der Waals surface area contributed by atoms with E-state index in [9.17, 15) is 8.42 Å². The van der Waals surface area contributed by atoms with E-state index in [-0.39, 0.29) is 11.5 Å². The minimum atomic E-state index is -3.30. The maximum absolute atomic E-state index is 12.1. The molecule has 23 heavy (non-hydrogen) atoms. The van der Waals surface area contributed by atoms with E-state index in [1.54, 1.807) is 30.4 Å². The van der Waals surface area contributed by atoms with Crippen LogP contribution < -0.4 is 0 Å². The Hall–Kier alpha value is -2.60. The van der Waals surface area contributed by atoms with Crippen molar-refractivity contribution in [3.05, 3.63) is 72.1 Å². The first kappa shape index (κ1) is 15.3. The summed E-state index contributed by atoms with van der Waals surface area (Å²) in [4.78, 5) is 0. The largest absolute Gasteiger partial charge is 0.461 e. The van der Waals surface area contributed by atoms with E-state index >= 15 is 0 Å². The van der Waals surface area contributed by atoms with Gasteiger partial charge in [0.15, 0.2) is 15.6 Å². The van der Waals surface area contributed by atoms with Gasteiger partial charge in [-0.3, -0.25) is 0 Å². The van der Waals surface area contributed by atoms with Gasteiger partial charge in [0, 0.05) is 6.07 Å². The molecule has 0 spiro atoms. The van der Waals surface area contributed by atoms with Crippen LogP contribution in [0.15, 0.2) is 69.8 Å². The summed E-state index contributed by atoms with van der Waals surface area (Å²) in [5, 5.41) is 3.79. The fourth-order valence-corrected chi connectivity index (χ4v) is 3.19. The number of sulfone groups is 1. The van der Waals surface area contributed by atoms with Crippen LogP contribution in [0.25, 0.3) is 17.6 Å². The van der Waals surface area contributed by atoms with Gasteiger partial charge in [-0.2, -0.15) is 0 Å². The molecule has 2 heterocycles. The Labute approximate surface area is 134 Å². The van der Waals surface area contributed by atoms with Gasteiger partial charge in [-0.15, -0.1) is 0 Å². The van der Waals surface area contributed by atoms with Gasteiger partial charge in [0.05, 0.1) is 23.5 Å². The molecule has 3 rings (SSSR count). The molecular formula is C17H15NO4S. The molecule has 0 aliphatic carbocycles. The fraction of sp³-hybridized carbons (Fsp3) is 0.118. The molecule has 0 bridgehead atoms. The van der Waals surface area contributed by atoms with Crippen LogP contribution in [0, 0.1) is 0 Å². The maximum atomic E-state index is 12.1. The summed E-state index contributed by atoms with van der Waals surface area (Å²) < 4.78 is 34.5. The predicted molar refractivity (Wildman–Crippen MR) is 87.2 cm³/mol. The molecule has 3 aromatic rings. The van der Waals surface area contributed by atoms with E-state index < -0.39 is 9.84 Å². The van der Waals surface area contributed by atoms with Gasteiger partial charge in [0.1, 0.15) is 0 Å². The van der Waals surface area contributed by atoms with Crippen LogP contribution in [0.1, 0.15) is 11.3 Å². The van der Waals surface area contributed by atoms with Crippen molar-refractivity contribution in [2.45, 2.75) is 5.75 Å². The molecule has 0 amide bonds. The predicted octanol–water partition coefficient (Wildman–Crippen LogP) is 3.56. The van der Waals surface area contributed by atoms with Crippen molar-refractivity contribution < 1.29 is 17.4 Å². The quantitative estimate of drug-likeness (QED) is 0.691. The summed E-state index contributed by atoms with van der Waals surface area (Å²) in [5.74, 6) is 0.714. The van der Waals surface area contributed by atoms with Crippen LogP contribution in [-0.2, 0) is 15.6 Å². The lowest BCUT2D eigenvalue weighted by molar-refractivity contribution is 0.412. The molecule has 0 saturated carbocycles. The zero-order valence-corrected chi connectivity index (χ0v) is 13.1. The Morgan fingerprint density at radius 1 is 1.04 bits per heavy atom. The molecule has 1 aromatic carbocycles. The van der Waals surface area contributed by atoms with E-state index in [0.29, 0.717) is 17.2 Å². The van der Waals surface area contributed by atoms with Crippen molar-refractivity contribution in [1.82, 2.24) is 5.16 Å². The fourth-order valence-electron chi connectivity index (χ4n) is 2.09. The number of benzene rings is 1. The lowest BCUT2D eigenvalue weighted by Crippen LogP contribution is -2.07. The first-order chi connectivity index (χ1) is 11.1. The van der Waals surface area contributed by atoms with Gasteiger partial charge in [-0.1, -0.05) is 47.6 Å². The molecule has 118 valence electrons. The molecule has 6 heteroatoms. The molecule has 0 atom stereocenters. The van der Waals surface area contributed by atoms with Crippen molar-refractivity contribution in [2.24, 2.45) is 0 Å². The van der Waals surface area contributed by atoms with Gasteiger partial charge in [0.2, 0.25) is 5.76 Å². The van der Waals surface area contributed by atoms with Gasteiger partial charge in [-0.05, 0) is 17.7 Å². The molecule has 0 aliphatic heterocycles. The second kappa shape index (κ2) is 6.66. The molecule has 0 fully saturated rings. The normalized spacial score (nSPS) is 12.0. The highest BCUT2D eigenvalue weighted by atomic mass is 32.2. The Bertz CT molecular complexity index is 878. The maximum Gasteiger partial charge on any atom is 0.202 e. The number of nitrogens with zero attached hydrogens (tertiary/aromatic N) is 1. The highest BCUT2D eigenvalue weighted by Gasteiger charge is 2.15. The lowest BCUT2D eigenvalue weighted by Gasteiger charge is -1.97. The topological polar surface area (TPSA) is 73.3 Å². The first-order valence-corrected chi connectivity index (χ1v) is 8.86. The summed E-state index contributed by atoms with van der Waals surface area (Å²) >= 11 is 0. The SMILES string of the molecule is O=S(=O)(C/C=C/c1ccccc1)Cc1cc(-c2ccco2)on1. The Morgan fingerprint density at radius 2 is 1.87 bits per heavy atom. The van der Waals surface area contributed by atoms with Crippen LogP contribution >= 0.6 is 0 Å². The van der Waals surface area contributed by atoms with Crippen molar-refractivity contribution in [3.63, 3.8) is 0 Å². The van der Waals surface area contributed by atoms with Gasteiger partial charge in [0.25, 0.3) is 0 Å². The highest BCUT2D eigenvalue weighted by molar-refractivity contribution is 7.90. The standard InChI is InChI=1S/C17H15NO4S/c19-23(20,11-5-8-14-6-2-1-3-7-14)13-15-12-17(22-18-15)16-9-4-10-21-16/h1-10,12H,11,13H2/b8-5+. The van der Waals surface area contributed by atoms with Crippen molar-refractivity contribution in [1.29, 1.82) is 0 Å². The van der Waals surface area contributed by atoms with E-state index in [4.69, 9.17) is 8.94 Å². The highest BCUT2D eigenvalue weighted by Crippen LogP contribution is 2.21. The smallest absolute Gasteiger partial charge is 0.202 e. The Balaban J connectivity index is 1.64. The number of hydrogen-bond acceptors (Lipinski definition) is 5. The summed E-state index contributed by atoms with van der Waals surface area (Å²) in [6.45, 7) is 0. The van der Waals surface area contributed by atoms with E-state index in [1.807, 2.05) is 30.3 Å². The van der Waals surface area contributed by atoms with Gasteiger partial charge in [-0.25, -0.2) is 8.42 Å². The first-order valence-electron chi connectivity index (χ1n) is 7.04. The zero-order chi connectivity index (χ0) is 16.1. The zero-order valence-electron chi connectivity index (χ0n) is 12.3. The minimum Gasteiger partial charge on any atom is -0.461 e. The molecular weight excluding hydrogens is 314 g/mol. The molecule has 0 aliphatic rings. The second-order valence-corrected chi connectivity index (χ2v) is 7.14. The summed E-state index contributed by atoms with van der Waals surface area (Å²) in [6, 6.07) is 14.6. The number of rotatable bonds is 6.